The molecular formula is C43H39ClN6O2. The van der Waals surface area contributed by atoms with Crippen LogP contribution in [0.3, 0.4) is 0 Å². The molecule has 8 nitrogen and oxygen atoms in total. The van der Waals surface area contributed by atoms with Crippen molar-refractivity contribution in [3.63, 3.8) is 0 Å². The largest absolute Gasteiger partial charge is 0.478 e. The van der Waals surface area contributed by atoms with E-state index in [4.69, 9.17) is 21.9 Å². The van der Waals surface area contributed by atoms with Crippen LogP contribution in [0, 0.1) is 0 Å². The van der Waals surface area contributed by atoms with E-state index < -0.39 is 17.6 Å². The lowest BCUT2D eigenvalue weighted by Crippen LogP contribution is -2.43. The summed E-state index contributed by atoms with van der Waals surface area (Å²) in [4.78, 5) is 18.7. The number of aromatic nitrogens is 4. The molecule has 0 aliphatic carbocycles. The minimum absolute atomic E-state index is 0.0625. The molecule has 0 saturated heterocycles. The first kappa shape index (κ1) is 34.6. The quantitative estimate of drug-likeness (QED) is 0.101. The number of carbonyl (C=O) groups is 1. The zero-order chi connectivity index (χ0) is 36.1. The lowest BCUT2D eigenvalue weighted by molar-refractivity contribution is -0.133. The van der Waals surface area contributed by atoms with Crippen molar-refractivity contribution in [3.05, 3.63) is 173 Å². The van der Waals surface area contributed by atoms with Crippen molar-refractivity contribution in [3.8, 4) is 22.5 Å². The fourth-order valence-corrected chi connectivity index (χ4v) is 7.56. The molecule has 0 saturated carbocycles. The Morgan fingerprint density at radius 3 is 1.85 bits per heavy atom. The molecule has 1 aromatic heterocycles. The number of rotatable bonds is 12. The number of halogens is 1. The van der Waals surface area contributed by atoms with Crippen molar-refractivity contribution in [1.29, 1.82) is 0 Å². The Labute approximate surface area is 308 Å². The molecule has 9 heteroatoms. The molecule has 0 amide bonds. The van der Waals surface area contributed by atoms with Crippen LogP contribution >= 0.6 is 11.6 Å². The number of tetrazole rings is 1. The van der Waals surface area contributed by atoms with Crippen molar-refractivity contribution < 1.29 is 9.90 Å². The highest BCUT2D eigenvalue weighted by molar-refractivity contribution is 6.32. The highest BCUT2D eigenvalue weighted by Gasteiger charge is 2.42. The normalized spacial score (nSPS) is 14.7. The maximum absolute atomic E-state index is 12.1. The number of unbranched alkanes of at least 4 members (excludes halogenated alkanes) is 1. The molecule has 0 fully saturated rings. The van der Waals surface area contributed by atoms with Gasteiger partial charge in [-0.15, -0.1) is 5.10 Å². The van der Waals surface area contributed by atoms with Gasteiger partial charge in [-0.3, -0.25) is 0 Å². The summed E-state index contributed by atoms with van der Waals surface area (Å²) in [6.45, 7) is 4.50. The van der Waals surface area contributed by atoms with Crippen molar-refractivity contribution in [2.24, 2.45) is 4.99 Å². The van der Waals surface area contributed by atoms with Crippen LogP contribution in [-0.4, -0.2) is 48.1 Å². The predicted molar refractivity (Wildman–Crippen MR) is 206 cm³/mol. The molecule has 1 N–H and O–H groups in total. The van der Waals surface area contributed by atoms with Gasteiger partial charge in [0.15, 0.2) is 5.82 Å². The fourth-order valence-electron chi connectivity index (χ4n) is 7.22. The van der Waals surface area contributed by atoms with Gasteiger partial charge >= 0.3 is 5.97 Å². The Balaban J connectivity index is 1.30. The second-order valence-corrected chi connectivity index (χ2v) is 13.3. The van der Waals surface area contributed by atoms with Crippen molar-refractivity contribution in [1.82, 2.24) is 25.1 Å². The highest BCUT2D eigenvalue weighted by atomic mass is 35.5. The van der Waals surface area contributed by atoms with E-state index in [9.17, 15) is 9.90 Å². The number of carboxylic acid groups (broad SMARTS) is 1. The Morgan fingerprint density at radius 2 is 1.31 bits per heavy atom. The van der Waals surface area contributed by atoms with Gasteiger partial charge in [-0.05, 0) is 57.2 Å². The van der Waals surface area contributed by atoms with E-state index in [0.717, 1.165) is 64.0 Å². The first-order chi connectivity index (χ1) is 25.4. The summed E-state index contributed by atoms with van der Waals surface area (Å²) < 4.78 is 1.95. The molecule has 0 spiro atoms. The number of hydrogen-bond acceptors (Lipinski definition) is 6. The number of benzene rings is 5. The van der Waals surface area contributed by atoms with E-state index >= 15 is 0 Å². The summed E-state index contributed by atoms with van der Waals surface area (Å²) >= 11 is 6.37. The average molecular weight is 707 g/mol. The van der Waals surface area contributed by atoms with Crippen LogP contribution in [0.25, 0.3) is 22.5 Å². The topological polar surface area (TPSA) is 96.5 Å². The van der Waals surface area contributed by atoms with E-state index in [1.807, 2.05) is 78.3 Å². The fraction of sp³-hybridized carbons (Fsp3) is 0.186. The molecule has 0 radical (unpaired) electrons. The minimum Gasteiger partial charge on any atom is -0.478 e. The van der Waals surface area contributed by atoms with E-state index in [2.05, 4.69) is 94.8 Å². The van der Waals surface area contributed by atoms with Gasteiger partial charge in [-0.2, -0.15) is 0 Å². The Kier molecular flexibility index (Phi) is 10.1. The van der Waals surface area contributed by atoms with Gasteiger partial charge in [0.25, 0.3) is 0 Å². The van der Waals surface area contributed by atoms with Gasteiger partial charge in [0.05, 0.1) is 11.6 Å². The maximum Gasteiger partial charge on any atom is 0.336 e. The molecule has 1 atom stereocenters. The summed E-state index contributed by atoms with van der Waals surface area (Å²) in [5.74, 6) is 0.384. The number of aliphatic carboxylic acids is 1. The first-order valence-corrected chi connectivity index (χ1v) is 17.9. The number of aliphatic imine (C=N–C) groups is 1. The Morgan fingerprint density at radius 1 is 0.769 bits per heavy atom. The molecule has 2 heterocycles. The zero-order valence-electron chi connectivity index (χ0n) is 29.1. The van der Waals surface area contributed by atoms with E-state index in [1.54, 1.807) is 0 Å². The minimum atomic E-state index is -1.05. The smallest absolute Gasteiger partial charge is 0.336 e. The lowest BCUT2D eigenvalue weighted by atomic mass is 9.77. The van der Waals surface area contributed by atoms with E-state index in [1.165, 1.54) is 0 Å². The lowest BCUT2D eigenvalue weighted by Gasteiger charge is -2.36. The van der Waals surface area contributed by atoms with Gasteiger partial charge < -0.3 is 10.0 Å². The van der Waals surface area contributed by atoms with Crippen LogP contribution in [0.15, 0.2) is 155 Å². The summed E-state index contributed by atoms with van der Waals surface area (Å²) in [5, 5.41) is 23.7. The number of amidine groups is 1. The van der Waals surface area contributed by atoms with Crippen LogP contribution < -0.4 is 0 Å². The standard InChI is InChI=1S/C43H39ClN6O2/c1-3-4-24-38-45-40(44)39(42(51)52)30(2)49(38)29-31-25-27-32(28-26-31)36-22-14-15-23-37(36)41-46-47-48-50(41)43(33-16-8-5-9-17-33,34-18-10-6-11-19-34)35-20-12-7-13-21-35/h5-23,25-28,30H,3-4,24,29H2,1-2H3,(H,51,52). The molecule has 1 unspecified atom stereocenters. The van der Waals surface area contributed by atoms with Crippen molar-refractivity contribution in [2.75, 3.05) is 0 Å². The van der Waals surface area contributed by atoms with Crippen LogP contribution in [0.2, 0.25) is 0 Å². The zero-order valence-corrected chi connectivity index (χ0v) is 29.9. The third kappa shape index (κ3) is 6.42. The average Bonchev–Trinajstić information content (AvgIpc) is 3.67. The molecule has 52 heavy (non-hydrogen) atoms. The molecular weight excluding hydrogens is 668 g/mol. The molecule has 1 aliphatic rings. The van der Waals surface area contributed by atoms with Crippen molar-refractivity contribution in [2.45, 2.75) is 51.2 Å². The molecule has 0 bridgehead atoms. The predicted octanol–water partition coefficient (Wildman–Crippen LogP) is 9.18. The van der Waals surface area contributed by atoms with Crippen LogP contribution in [0.4, 0.5) is 0 Å². The molecule has 6 aromatic rings. The summed E-state index contributed by atoms with van der Waals surface area (Å²) in [6, 6.07) is 47.2. The SMILES string of the molecule is CCCCC1=NC(Cl)=C(C(=O)O)C(C)N1Cc1ccc(-c2ccccc2-c2nnnn2C(c2ccccc2)(c2ccccc2)c2ccccc2)cc1. The highest BCUT2D eigenvalue weighted by Crippen LogP contribution is 2.43. The van der Waals surface area contributed by atoms with Gasteiger partial charge in [-0.25, -0.2) is 14.5 Å². The molecule has 1 aliphatic heterocycles. The summed E-state index contributed by atoms with van der Waals surface area (Å²) in [7, 11) is 0. The number of hydrogen-bond donors (Lipinski definition) is 1. The second kappa shape index (κ2) is 15.2. The molecule has 7 rings (SSSR count). The monoisotopic (exact) mass is 706 g/mol. The Bertz CT molecular complexity index is 2120. The summed E-state index contributed by atoms with van der Waals surface area (Å²) in [5.41, 5.74) is 6.21. The van der Waals surface area contributed by atoms with Gasteiger partial charge in [0, 0.05) is 18.5 Å². The van der Waals surface area contributed by atoms with Crippen molar-refractivity contribution >= 4 is 23.4 Å². The van der Waals surface area contributed by atoms with Gasteiger partial charge in [-0.1, -0.05) is 164 Å². The van der Waals surface area contributed by atoms with Crippen LogP contribution in [0.5, 0.6) is 0 Å². The summed E-state index contributed by atoms with van der Waals surface area (Å²) in [6.07, 6.45) is 2.65. The third-order valence-corrected chi connectivity index (χ3v) is 10.1. The van der Waals surface area contributed by atoms with Crippen LogP contribution in [0.1, 0.15) is 55.4 Å². The van der Waals surface area contributed by atoms with Gasteiger partial charge in [0.1, 0.15) is 16.5 Å². The second-order valence-electron chi connectivity index (χ2n) is 12.9. The van der Waals surface area contributed by atoms with Crippen LogP contribution in [-0.2, 0) is 16.9 Å². The van der Waals surface area contributed by atoms with E-state index in [-0.39, 0.29) is 10.7 Å². The first-order valence-electron chi connectivity index (χ1n) is 17.5. The number of carboxylic acids is 1. The maximum atomic E-state index is 12.1. The third-order valence-electron chi connectivity index (χ3n) is 9.80. The van der Waals surface area contributed by atoms with E-state index in [0.29, 0.717) is 12.4 Å². The van der Waals surface area contributed by atoms with Gasteiger partial charge in [0.2, 0.25) is 0 Å². The molecule has 5 aromatic carbocycles. The number of nitrogens with zero attached hydrogens (tertiary/aromatic N) is 6. The molecule has 260 valence electrons. The Hall–Kier alpha value is -5.86.